The zero-order valence-corrected chi connectivity index (χ0v) is 16.5. The van der Waals surface area contributed by atoms with Gasteiger partial charge in [0.25, 0.3) is 0 Å². The molecule has 1 aromatic rings. The minimum Gasteiger partial charge on any atom is -0.356 e. The molecule has 1 aromatic heterocycles. The molecule has 2 heterocycles. The molecule has 0 bridgehead atoms. The van der Waals surface area contributed by atoms with Gasteiger partial charge in [0.2, 0.25) is 5.91 Å². The molecule has 1 unspecified atom stereocenters. The van der Waals surface area contributed by atoms with Crippen LogP contribution in [0.5, 0.6) is 0 Å². The topological polar surface area (TPSA) is 69.6 Å². The molecule has 2 N–H and O–H groups in total. The largest absolute Gasteiger partial charge is 0.356 e. The van der Waals surface area contributed by atoms with Crippen LogP contribution in [0.4, 0.5) is 0 Å². The molecule has 140 valence electrons. The average Bonchev–Trinajstić information content (AvgIpc) is 3.08. The molecule has 0 aromatic carbocycles. The van der Waals surface area contributed by atoms with Crippen molar-refractivity contribution in [2.45, 2.75) is 58.4 Å². The van der Waals surface area contributed by atoms with E-state index in [1.807, 2.05) is 11.1 Å². The van der Waals surface area contributed by atoms with Crippen LogP contribution in [0.3, 0.4) is 0 Å². The zero-order chi connectivity index (χ0) is 18.1. The number of hydrogen-bond acceptors (Lipinski definition) is 4. The standard InChI is InChI=1S/C18H31N5OS/c1-4-15-13-22-16(25-15)8-10-20-18(19-3)21-11-9-17(24)23-12-6-5-7-14(23)2/h13-14H,4-12H2,1-3H3,(H2,19,20,21). The molecule has 1 aliphatic rings. The Hall–Kier alpha value is -1.63. The second kappa shape index (κ2) is 10.4. The predicted molar refractivity (Wildman–Crippen MR) is 104 cm³/mol. The number of carbonyl (C=O) groups is 1. The summed E-state index contributed by atoms with van der Waals surface area (Å²) in [6.45, 7) is 6.59. The van der Waals surface area contributed by atoms with Gasteiger partial charge in [-0.25, -0.2) is 4.98 Å². The van der Waals surface area contributed by atoms with Crippen molar-refractivity contribution in [2.75, 3.05) is 26.7 Å². The Balaban J connectivity index is 1.65. The van der Waals surface area contributed by atoms with Crippen LogP contribution in [0.15, 0.2) is 11.2 Å². The van der Waals surface area contributed by atoms with Crippen molar-refractivity contribution in [3.8, 4) is 0 Å². The maximum absolute atomic E-state index is 12.3. The molecule has 1 atom stereocenters. The number of thiazole rings is 1. The molecule has 7 heteroatoms. The summed E-state index contributed by atoms with van der Waals surface area (Å²) < 4.78 is 0. The van der Waals surface area contributed by atoms with Crippen molar-refractivity contribution in [3.05, 3.63) is 16.1 Å². The summed E-state index contributed by atoms with van der Waals surface area (Å²) in [7, 11) is 1.75. The first-order chi connectivity index (χ1) is 12.1. The van der Waals surface area contributed by atoms with E-state index in [0.717, 1.165) is 49.7 Å². The molecule has 2 rings (SSSR count). The van der Waals surface area contributed by atoms with Crippen LogP contribution in [0.25, 0.3) is 0 Å². The van der Waals surface area contributed by atoms with E-state index in [4.69, 9.17) is 0 Å². The third-order valence-electron chi connectivity index (χ3n) is 4.56. The Kier molecular flexibility index (Phi) is 8.18. The lowest BCUT2D eigenvalue weighted by Crippen LogP contribution is -2.44. The molecule has 6 nitrogen and oxygen atoms in total. The lowest BCUT2D eigenvalue weighted by molar-refractivity contribution is -0.134. The first-order valence-corrected chi connectivity index (χ1v) is 10.1. The number of aromatic nitrogens is 1. The summed E-state index contributed by atoms with van der Waals surface area (Å²) in [5, 5.41) is 7.67. The van der Waals surface area contributed by atoms with Gasteiger partial charge in [0.15, 0.2) is 5.96 Å². The van der Waals surface area contributed by atoms with Gasteiger partial charge in [-0.2, -0.15) is 0 Å². The number of piperidine rings is 1. The second-order valence-corrected chi connectivity index (χ2v) is 7.63. The van der Waals surface area contributed by atoms with E-state index in [2.05, 4.69) is 34.5 Å². The van der Waals surface area contributed by atoms with Crippen molar-refractivity contribution in [1.82, 2.24) is 20.5 Å². The van der Waals surface area contributed by atoms with E-state index in [-0.39, 0.29) is 5.91 Å². The smallest absolute Gasteiger partial charge is 0.224 e. The van der Waals surface area contributed by atoms with Gasteiger partial charge < -0.3 is 15.5 Å². The van der Waals surface area contributed by atoms with Gasteiger partial charge in [0, 0.05) is 56.6 Å². The highest BCUT2D eigenvalue weighted by Gasteiger charge is 2.22. The number of rotatable bonds is 7. The Morgan fingerprint density at radius 3 is 2.88 bits per heavy atom. The highest BCUT2D eigenvalue weighted by molar-refractivity contribution is 7.11. The lowest BCUT2D eigenvalue weighted by atomic mass is 10.0. The van der Waals surface area contributed by atoms with Crippen LogP contribution < -0.4 is 10.6 Å². The molecular weight excluding hydrogens is 334 g/mol. The van der Waals surface area contributed by atoms with Crippen molar-refractivity contribution in [1.29, 1.82) is 0 Å². The van der Waals surface area contributed by atoms with E-state index in [1.165, 1.54) is 11.3 Å². The maximum Gasteiger partial charge on any atom is 0.224 e. The molecule has 0 aliphatic carbocycles. The van der Waals surface area contributed by atoms with E-state index in [1.54, 1.807) is 18.4 Å². The van der Waals surface area contributed by atoms with Gasteiger partial charge in [0.1, 0.15) is 0 Å². The Morgan fingerprint density at radius 2 is 2.20 bits per heavy atom. The van der Waals surface area contributed by atoms with Crippen molar-refractivity contribution < 1.29 is 4.79 Å². The van der Waals surface area contributed by atoms with Crippen molar-refractivity contribution in [2.24, 2.45) is 4.99 Å². The summed E-state index contributed by atoms with van der Waals surface area (Å²) >= 11 is 1.77. The SMILES string of the molecule is CCc1cnc(CCNC(=NC)NCCC(=O)N2CCCCC2C)s1. The van der Waals surface area contributed by atoms with E-state index in [9.17, 15) is 4.79 Å². The molecule has 1 amide bonds. The van der Waals surface area contributed by atoms with Crippen LogP contribution in [0.1, 0.15) is 49.4 Å². The highest BCUT2D eigenvalue weighted by atomic mass is 32.1. The molecule has 1 fully saturated rings. The van der Waals surface area contributed by atoms with Crippen LogP contribution in [-0.4, -0.2) is 54.5 Å². The number of nitrogens with one attached hydrogen (secondary N) is 2. The van der Waals surface area contributed by atoms with Gasteiger partial charge in [-0.05, 0) is 32.6 Å². The van der Waals surface area contributed by atoms with Gasteiger partial charge in [-0.1, -0.05) is 6.92 Å². The molecule has 0 saturated carbocycles. The summed E-state index contributed by atoms with van der Waals surface area (Å²) in [5.74, 6) is 0.983. The minimum atomic E-state index is 0.241. The Morgan fingerprint density at radius 1 is 1.40 bits per heavy atom. The van der Waals surface area contributed by atoms with Crippen LogP contribution in [0, 0.1) is 0 Å². The van der Waals surface area contributed by atoms with Crippen LogP contribution in [-0.2, 0) is 17.6 Å². The molecule has 25 heavy (non-hydrogen) atoms. The lowest BCUT2D eigenvalue weighted by Gasteiger charge is -2.33. The second-order valence-electron chi connectivity index (χ2n) is 6.43. The van der Waals surface area contributed by atoms with Crippen LogP contribution in [0.2, 0.25) is 0 Å². The van der Waals surface area contributed by atoms with Gasteiger partial charge in [-0.15, -0.1) is 11.3 Å². The minimum absolute atomic E-state index is 0.241. The molecule has 1 saturated heterocycles. The maximum atomic E-state index is 12.3. The summed E-state index contributed by atoms with van der Waals surface area (Å²) in [4.78, 5) is 24.3. The number of likely N-dealkylation sites (tertiary alicyclic amines) is 1. The molecule has 0 spiro atoms. The number of aryl methyl sites for hydroxylation is 1. The normalized spacial score (nSPS) is 18.3. The average molecular weight is 366 g/mol. The number of nitrogens with zero attached hydrogens (tertiary/aromatic N) is 3. The third-order valence-corrected chi connectivity index (χ3v) is 5.76. The van der Waals surface area contributed by atoms with Crippen molar-refractivity contribution in [3.63, 3.8) is 0 Å². The fraction of sp³-hybridized carbons (Fsp3) is 0.722. The zero-order valence-electron chi connectivity index (χ0n) is 15.7. The number of carbonyl (C=O) groups excluding carboxylic acids is 1. The van der Waals surface area contributed by atoms with Crippen LogP contribution >= 0.6 is 11.3 Å². The first kappa shape index (κ1) is 19.7. The molecule has 1 aliphatic heterocycles. The predicted octanol–water partition coefficient (Wildman–Crippen LogP) is 2.20. The number of hydrogen-bond donors (Lipinski definition) is 2. The number of amides is 1. The fourth-order valence-corrected chi connectivity index (χ4v) is 3.90. The van der Waals surface area contributed by atoms with Gasteiger partial charge in [-0.3, -0.25) is 9.79 Å². The third kappa shape index (κ3) is 6.30. The number of guanidine groups is 1. The van der Waals surface area contributed by atoms with E-state index in [0.29, 0.717) is 19.0 Å². The first-order valence-electron chi connectivity index (χ1n) is 9.31. The quantitative estimate of drug-likeness (QED) is 0.574. The van der Waals surface area contributed by atoms with Crippen molar-refractivity contribution >= 4 is 23.2 Å². The fourth-order valence-electron chi connectivity index (χ4n) is 3.04. The Bertz CT molecular complexity index is 572. The van der Waals surface area contributed by atoms with E-state index >= 15 is 0 Å². The molecular formula is C18H31N5OS. The summed E-state index contributed by atoms with van der Waals surface area (Å²) in [5.41, 5.74) is 0. The Labute approximate surface area is 155 Å². The number of aliphatic imine (C=N–C) groups is 1. The highest BCUT2D eigenvalue weighted by Crippen LogP contribution is 2.17. The summed E-state index contributed by atoms with van der Waals surface area (Å²) in [6.07, 6.45) is 7.88. The van der Waals surface area contributed by atoms with E-state index < -0.39 is 0 Å². The van der Waals surface area contributed by atoms with Gasteiger partial charge in [0.05, 0.1) is 5.01 Å². The summed E-state index contributed by atoms with van der Waals surface area (Å²) in [6, 6.07) is 0.380. The molecule has 0 radical (unpaired) electrons. The monoisotopic (exact) mass is 365 g/mol. The van der Waals surface area contributed by atoms with Gasteiger partial charge >= 0.3 is 0 Å².